The molecule has 0 spiro atoms. The van der Waals surface area contributed by atoms with Gasteiger partial charge in [-0.2, -0.15) is 0 Å². The summed E-state index contributed by atoms with van der Waals surface area (Å²) in [6.45, 7) is 7.77. The molecule has 0 aromatic heterocycles. The van der Waals surface area contributed by atoms with E-state index >= 15 is 0 Å². The fourth-order valence-corrected chi connectivity index (χ4v) is 4.86. The Hall–Kier alpha value is -2.58. The Labute approximate surface area is 214 Å². The first kappa shape index (κ1) is 28.7. The van der Waals surface area contributed by atoms with Gasteiger partial charge in [-0.1, -0.05) is 48.9 Å². The third-order valence-electron chi connectivity index (χ3n) is 5.68. The first-order valence-corrected chi connectivity index (χ1v) is 14.1. The molecule has 0 bridgehead atoms. The number of anilines is 1. The molecule has 0 aliphatic heterocycles. The predicted octanol–water partition coefficient (Wildman–Crippen LogP) is 4.39. The largest absolute Gasteiger partial charge is 0.352 e. The Kier molecular flexibility index (Phi) is 10.6. The van der Waals surface area contributed by atoms with E-state index in [4.69, 9.17) is 11.6 Å². The van der Waals surface area contributed by atoms with E-state index in [-0.39, 0.29) is 37.4 Å². The molecule has 9 heteroatoms. The number of amides is 2. The zero-order valence-electron chi connectivity index (χ0n) is 21.1. The van der Waals surface area contributed by atoms with Crippen molar-refractivity contribution in [2.45, 2.75) is 65.6 Å². The van der Waals surface area contributed by atoms with Crippen LogP contribution < -0.4 is 9.62 Å². The highest BCUT2D eigenvalue weighted by molar-refractivity contribution is 7.92. The Bertz CT molecular complexity index is 1100. The van der Waals surface area contributed by atoms with E-state index < -0.39 is 16.1 Å². The Balaban J connectivity index is 2.17. The summed E-state index contributed by atoms with van der Waals surface area (Å²) in [6.07, 6.45) is 2.41. The summed E-state index contributed by atoms with van der Waals surface area (Å²) < 4.78 is 26.2. The molecule has 2 aromatic carbocycles. The number of hydrogen-bond acceptors (Lipinski definition) is 4. The molecule has 1 atom stereocenters. The van der Waals surface area contributed by atoms with Crippen LogP contribution in [0.5, 0.6) is 0 Å². The van der Waals surface area contributed by atoms with Gasteiger partial charge in [0.25, 0.3) is 0 Å². The molecule has 0 aliphatic rings. The van der Waals surface area contributed by atoms with Crippen LogP contribution in [-0.4, -0.2) is 50.0 Å². The van der Waals surface area contributed by atoms with Gasteiger partial charge in [-0.15, -0.1) is 0 Å². The fourth-order valence-electron chi connectivity index (χ4n) is 3.70. The van der Waals surface area contributed by atoms with Gasteiger partial charge in [0, 0.05) is 30.6 Å². The van der Waals surface area contributed by atoms with Crippen LogP contribution in [0.1, 0.15) is 51.7 Å². The van der Waals surface area contributed by atoms with Gasteiger partial charge in [-0.25, -0.2) is 8.42 Å². The molecule has 2 rings (SSSR count). The summed E-state index contributed by atoms with van der Waals surface area (Å²) in [7, 11) is -3.53. The van der Waals surface area contributed by atoms with Gasteiger partial charge in [0.15, 0.2) is 0 Å². The second kappa shape index (κ2) is 12.9. The van der Waals surface area contributed by atoms with Crippen molar-refractivity contribution in [3.05, 3.63) is 64.7 Å². The molecule has 1 N–H and O–H groups in total. The van der Waals surface area contributed by atoms with Crippen molar-refractivity contribution in [2.75, 3.05) is 17.1 Å². The maximum Gasteiger partial charge on any atom is 0.242 e. The molecule has 0 saturated heterocycles. The maximum atomic E-state index is 13.3. The number of aryl methyl sites for hydroxylation is 1. The lowest BCUT2D eigenvalue weighted by molar-refractivity contribution is -0.140. The number of benzene rings is 2. The molecule has 0 heterocycles. The van der Waals surface area contributed by atoms with E-state index in [1.165, 1.54) is 9.21 Å². The average molecular weight is 522 g/mol. The van der Waals surface area contributed by atoms with Crippen LogP contribution >= 0.6 is 11.6 Å². The highest BCUT2D eigenvalue weighted by Crippen LogP contribution is 2.22. The third-order valence-corrected chi connectivity index (χ3v) is 7.24. The minimum absolute atomic E-state index is 0.0652. The predicted molar refractivity (Wildman–Crippen MR) is 142 cm³/mol. The highest BCUT2D eigenvalue weighted by Gasteiger charge is 2.27. The molecule has 0 aliphatic carbocycles. The lowest BCUT2D eigenvalue weighted by Crippen LogP contribution is -2.49. The molecular formula is C26H36ClN3O4S. The normalized spacial score (nSPS) is 12.3. The van der Waals surface area contributed by atoms with Crippen LogP contribution in [0.2, 0.25) is 5.02 Å². The van der Waals surface area contributed by atoms with Crippen LogP contribution in [0.4, 0.5) is 5.69 Å². The molecular weight excluding hydrogens is 486 g/mol. The molecule has 2 amide bonds. The maximum absolute atomic E-state index is 13.3. The Morgan fingerprint density at radius 3 is 2.20 bits per heavy atom. The topological polar surface area (TPSA) is 86.8 Å². The van der Waals surface area contributed by atoms with Crippen molar-refractivity contribution in [1.82, 2.24) is 10.2 Å². The smallest absolute Gasteiger partial charge is 0.242 e. The number of carbonyl (C=O) groups is 2. The van der Waals surface area contributed by atoms with Crippen LogP contribution in [0.3, 0.4) is 0 Å². The quantitative estimate of drug-likeness (QED) is 0.448. The van der Waals surface area contributed by atoms with E-state index in [9.17, 15) is 18.0 Å². The number of nitrogens with zero attached hydrogens (tertiary/aromatic N) is 2. The summed E-state index contributed by atoms with van der Waals surface area (Å²) in [5.74, 6) is -0.500. The van der Waals surface area contributed by atoms with Gasteiger partial charge in [-0.3, -0.25) is 13.9 Å². The first-order valence-electron chi connectivity index (χ1n) is 11.8. The van der Waals surface area contributed by atoms with E-state index in [1.54, 1.807) is 31.2 Å². The highest BCUT2D eigenvalue weighted by atomic mass is 35.5. The lowest BCUT2D eigenvalue weighted by atomic mass is 10.1. The summed E-state index contributed by atoms with van der Waals surface area (Å²) in [5.41, 5.74) is 2.41. The summed E-state index contributed by atoms with van der Waals surface area (Å²) in [6, 6.07) is 13.8. The molecule has 35 heavy (non-hydrogen) atoms. The van der Waals surface area contributed by atoms with Gasteiger partial charge in [0.2, 0.25) is 21.8 Å². The van der Waals surface area contributed by atoms with Crippen molar-refractivity contribution in [3.63, 3.8) is 0 Å². The summed E-state index contributed by atoms with van der Waals surface area (Å²) in [5, 5.41) is 3.36. The molecule has 7 nitrogen and oxygen atoms in total. The third kappa shape index (κ3) is 8.54. The van der Waals surface area contributed by atoms with Gasteiger partial charge in [-0.05, 0) is 62.9 Å². The van der Waals surface area contributed by atoms with E-state index in [0.29, 0.717) is 17.1 Å². The lowest BCUT2D eigenvalue weighted by Gasteiger charge is -2.30. The number of sulfonamides is 1. The number of hydrogen-bond donors (Lipinski definition) is 1. The van der Waals surface area contributed by atoms with Gasteiger partial charge in [0.1, 0.15) is 6.04 Å². The van der Waals surface area contributed by atoms with Crippen LogP contribution in [-0.2, 0) is 32.6 Å². The molecule has 0 unspecified atom stereocenters. The number of nitrogens with one attached hydrogen (secondary N) is 1. The second-order valence-corrected chi connectivity index (χ2v) is 11.2. The molecule has 0 saturated carbocycles. The van der Waals surface area contributed by atoms with Crippen LogP contribution in [0.15, 0.2) is 48.5 Å². The van der Waals surface area contributed by atoms with Crippen molar-refractivity contribution < 1.29 is 18.0 Å². The van der Waals surface area contributed by atoms with E-state index in [2.05, 4.69) is 5.32 Å². The van der Waals surface area contributed by atoms with Crippen molar-refractivity contribution >= 4 is 39.1 Å². The van der Waals surface area contributed by atoms with Crippen LogP contribution in [0.25, 0.3) is 0 Å². The number of carbonyl (C=O) groups excluding carboxylic acids is 2. The minimum atomic E-state index is -3.53. The molecule has 0 fully saturated rings. The Morgan fingerprint density at radius 1 is 1.03 bits per heavy atom. The Morgan fingerprint density at radius 2 is 1.66 bits per heavy atom. The average Bonchev–Trinajstić information content (AvgIpc) is 2.79. The number of halogens is 1. The second-order valence-electron chi connectivity index (χ2n) is 8.91. The van der Waals surface area contributed by atoms with Gasteiger partial charge in [0.05, 0.1) is 11.9 Å². The molecule has 2 aromatic rings. The zero-order valence-corrected chi connectivity index (χ0v) is 22.7. The SMILES string of the molecule is CCc1ccc(N(CCCC(=O)N(Cc2ccccc2Cl)[C@@H](C)C(=O)NC(C)C)S(C)(=O)=O)cc1. The molecule has 0 radical (unpaired) electrons. The van der Waals surface area contributed by atoms with Crippen molar-refractivity contribution in [1.29, 1.82) is 0 Å². The minimum Gasteiger partial charge on any atom is -0.352 e. The first-order chi connectivity index (χ1) is 16.4. The fraction of sp³-hybridized carbons (Fsp3) is 0.462. The standard InChI is InChI=1S/C26H36ClN3O4S/c1-6-21-13-15-23(16-14-21)30(35(5,33)34)17-9-12-25(31)29(20(4)26(32)28-19(2)3)18-22-10-7-8-11-24(22)27/h7-8,10-11,13-16,19-20H,6,9,12,17-18H2,1-5H3,(H,28,32)/t20-/m0/s1. The van der Waals surface area contributed by atoms with Crippen LogP contribution in [0, 0.1) is 0 Å². The zero-order chi connectivity index (χ0) is 26.2. The van der Waals surface area contributed by atoms with E-state index in [0.717, 1.165) is 23.8 Å². The summed E-state index contributed by atoms with van der Waals surface area (Å²) in [4.78, 5) is 27.5. The monoisotopic (exact) mass is 521 g/mol. The summed E-state index contributed by atoms with van der Waals surface area (Å²) >= 11 is 6.32. The number of rotatable bonds is 12. The van der Waals surface area contributed by atoms with Gasteiger partial charge >= 0.3 is 0 Å². The van der Waals surface area contributed by atoms with Gasteiger partial charge < -0.3 is 10.2 Å². The van der Waals surface area contributed by atoms with Crippen molar-refractivity contribution in [2.24, 2.45) is 0 Å². The van der Waals surface area contributed by atoms with E-state index in [1.807, 2.05) is 45.0 Å². The van der Waals surface area contributed by atoms with Crippen molar-refractivity contribution in [3.8, 4) is 0 Å². The molecule has 192 valence electrons.